The van der Waals surface area contributed by atoms with E-state index in [1.54, 1.807) is 6.07 Å². The van der Waals surface area contributed by atoms with Crippen LogP contribution in [-0.4, -0.2) is 35.1 Å². The van der Waals surface area contributed by atoms with Crippen LogP contribution in [-0.2, 0) is 14.8 Å². The molecule has 0 spiro atoms. The van der Waals surface area contributed by atoms with Crippen LogP contribution in [0.4, 0.5) is 10.1 Å². The summed E-state index contributed by atoms with van der Waals surface area (Å²) < 4.78 is 29.9. The number of ether oxygens (including phenoxy) is 1. The molecule has 0 aromatic heterocycles. The molecule has 6 heteroatoms. The molecule has 1 heterocycles. The molecule has 2 atom stereocenters. The molecule has 0 aliphatic carbocycles. The van der Waals surface area contributed by atoms with Gasteiger partial charge >= 0.3 is 0 Å². The SMILES string of the molecule is CC1CN(c2c(F)cc(Br)cc2C(O[SiH2]C(C)(C)C)(c2ccccc2)c2ccccc2)CC(C)O1. The van der Waals surface area contributed by atoms with E-state index in [0.29, 0.717) is 23.2 Å². The zero-order valence-electron chi connectivity index (χ0n) is 21.2. The molecule has 0 N–H and O–H groups in total. The van der Waals surface area contributed by atoms with E-state index in [-0.39, 0.29) is 23.1 Å². The van der Waals surface area contributed by atoms with Crippen molar-refractivity contribution in [2.45, 2.75) is 57.5 Å². The third kappa shape index (κ3) is 5.72. The van der Waals surface area contributed by atoms with E-state index in [0.717, 1.165) is 16.7 Å². The van der Waals surface area contributed by atoms with E-state index >= 15 is 4.39 Å². The zero-order chi connectivity index (χ0) is 25.2. The third-order valence-electron chi connectivity index (χ3n) is 6.23. The molecule has 0 amide bonds. The van der Waals surface area contributed by atoms with Gasteiger partial charge in [0.2, 0.25) is 0 Å². The highest BCUT2D eigenvalue weighted by Crippen LogP contribution is 2.47. The Balaban J connectivity index is 2.05. The smallest absolute Gasteiger partial charge is 0.169 e. The summed E-state index contributed by atoms with van der Waals surface area (Å²) in [4.78, 5) is 2.14. The van der Waals surface area contributed by atoms with Gasteiger partial charge in [-0.25, -0.2) is 4.39 Å². The van der Waals surface area contributed by atoms with Crippen LogP contribution in [0.25, 0.3) is 0 Å². The van der Waals surface area contributed by atoms with E-state index in [4.69, 9.17) is 9.16 Å². The fourth-order valence-electron chi connectivity index (χ4n) is 4.91. The van der Waals surface area contributed by atoms with Crippen molar-refractivity contribution >= 4 is 31.4 Å². The molecule has 1 fully saturated rings. The average Bonchev–Trinajstić information content (AvgIpc) is 2.79. The summed E-state index contributed by atoms with van der Waals surface area (Å²) in [6.45, 7) is 12.0. The predicted molar refractivity (Wildman–Crippen MR) is 148 cm³/mol. The number of benzene rings is 3. The zero-order valence-corrected chi connectivity index (χ0v) is 24.2. The van der Waals surface area contributed by atoms with Crippen LogP contribution in [0.1, 0.15) is 51.3 Å². The lowest BCUT2D eigenvalue weighted by atomic mass is 9.79. The Hall–Kier alpha value is -1.99. The fraction of sp³-hybridized carbons (Fsp3) is 0.379. The minimum absolute atomic E-state index is 0.00219. The predicted octanol–water partition coefficient (Wildman–Crippen LogP) is 6.81. The van der Waals surface area contributed by atoms with Gasteiger partial charge in [-0.1, -0.05) is 97.4 Å². The summed E-state index contributed by atoms with van der Waals surface area (Å²) in [5.74, 6) is -0.257. The summed E-state index contributed by atoms with van der Waals surface area (Å²) in [5.41, 5.74) is 2.45. The minimum Gasteiger partial charge on any atom is -0.406 e. The first-order valence-corrected chi connectivity index (χ1v) is 14.3. The third-order valence-corrected chi connectivity index (χ3v) is 8.13. The van der Waals surface area contributed by atoms with Crippen molar-refractivity contribution in [2.75, 3.05) is 18.0 Å². The fourth-order valence-corrected chi connectivity index (χ4v) is 6.48. The van der Waals surface area contributed by atoms with Gasteiger partial charge in [0.15, 0.2) is 9.76 Å². The number of hydrogen-bond acceptors (Lipinski definition) is 3. The molecule has 0 saturated carbocycles. The van der Waals surface area contributed by atoms with Crippen molar-refractivity contribution in [3.8, 4) is 0 Å². The molecule has 186 valence electrons. The molecule has 0 bridgehead atoms. The van der Waals surface area contributed by atoms with E-state index in [1.807, 2.05) is 56.3 Å². The van der Waals surface area contributed by atoms with Crippen molar-refractivity contribution < 1.29 is 13.6 Å². The van der Waals surface area contributed by atoms with Gasteiger partial charge in [-0.05, 0) is 42.1 Å². The Morgan fingerprint density at radius 1 is 0.914 bits per heavy atom. The summed E-state index contributed by atoms with van der Waals surface area (Å²) in [6, 6.07) is 24.1. The maximum atomic E-state index is 16.0. The summed E-state index contributed by atoms with van der Waals surface area (Å²) >= 11 is 3.60. The maximum Gasteiger partial charge on any atom is 0.169 e. The van der Waals surface area contributed by atoms with Crippen LogP contribution in [0.3, 0.4) is 0 Å². The van der Waals surface area contributed by atoms with Gasteiger partial charge in [-0.2, -0.15) is 0 Å². The molecular formula is C29H35BrFNO2Si. The second-order valence-electron chi connectivity index (χ2n) is 10.7. The molecule has 2 unspecified atom stereocenters. The van der Waals surface area contributed by atoms with Crippen LogP contribution in [0.2, 0.25) is 5.04 Å². The molecule has 0 radical (unpaired) electrons. The Morgan fingerprint density at radius 2 is 1.43 bits per heavy atom. The van der Waals surface area contributed by atoms with Gasteiger partial charge in [-0.3, -0.25) is 0 Å². The number of anilines is 1. The summed E-state index contributed by atoms with van der Waals surface area (Å²) in [7, 11) is -1.06. The van der Waals surface area contributed by atoms with E-state index in [2.05, 4.69) is 65.9 Å². The Bertz CT molecular complexity index is 1090. The van der Waals surface area contributed by atoms with Gasteiger partial charge in [0, 0.05) is 23.1 Å². The molecule has 35 heavy (non-hydrogen) atoms. The van der Waals surface area contributed by atoms with E-state index in [1.165, 1.54) is 0 Å². The van der Waals surface area contributed by atoms with Gasteiger partial charge in [0.05, 0.1) is 17.9 Å². The first-order chi connectivity index (χ1) is 16.6. The molecule has 4 rings (SSSR count). The first kappa shape index (κ1) is 26.1. The van der Waals surface area contributed by atoms with Gasteiger partial charge in [-0.15, -0.1) is 0 Å². The molecule has 1 aliphatic rings. The van der Waals surface area contributed by atoms with Crippen molar-refractivity contribution in [1.82, 2.24) is 0 Å². The molecule has 3 aromatic carbocycles. The quantitative estimate of drug-likeness (QED) is 0.246. The highest BCUT2D eigenvalue weighted by Gasteiger charge is 2.42. The number of rotatable bonds is 6. The Kier molecular flexibility index (Phi) is 7.86. The highest BCUT2D eigenvalue weighted by molar-refractivity contribution is 9.10. The maximum absolute atomic E-state index is 16.0. The van der Waals surface area contributed by atoms with Crippen molar-refractivity contribution in [3.63, 3.8) is 0 Å². The average molecular weight is 557 g/mol. The molecular weight excluding hydrogens is 521 g/mol. The largest absolute Gasteiger partial charge is 0.406 e. The molecule has 3 aromatic rings. The normalized spacial score (nSPS) is 19.5. The highest BCUT2D eigenvalue weighted by atomic mass is 79.9. The monoisotopic (exact) mass is 555 g/mol. The Labute approximate surface area is 219 Å². The number of hydrogen-bond donors (Lipinski definition) is 0. The van der Waals surface area contributed by atoms with Gasteiger partial charge in [0.1, 0.15) is 11.4 Å². The number of nitrogens with zero attached hydrogens (tertiary/aromatic N) is 1. The minimum atomic E-state index is -1.06. The molecule has 3 nitrogen and oxygen atoms in total. The standard InChI is InChI=1S/C29H35BrFNO2Si/c1-20-18-32(19-21(2)33-20)27-25(16-24(30)17-26(27)31)29(34-35-28(3,4)5,22-12-8-6-9-13-22)23-14-10-7-11-15-23/h6-17,20-21H,18-19,35H2,1-5H3. The van der Waals surface area contributed by atoms with Crippen LogP contribution in [0.5, 0.6) is 0 Å². The van der Waals surface area contributed by atoms with Crippen LogP contribution < -0.4 is 4.90 Å². The summed E-state index contributed by atoms with van der Waals surface area (Å²) in [5, 5.41) is 0.0432. The second kappa shape index (κ2) is 10.6. The number of halogens is 2. The van der Waals surface area contributed by atoms with Gasteiger partial charge < -0.3 is 14.1 Å². The lowest BCUT2D eigenvalue weighted by molar-refractivity contribution is -0.00562. The van der Waals surface area contributed by atoms with Crippen LogP contribution in [0.15, 0.2) is 77.3 Å². The number of morpholine rings is 1. The van der Waals surface area contributed by atoms with E-state index < -0.39 is 15.4 Å². The van der Waals surface area contributed by atoms with Crippen LogP contribution in [0, 0.1) is 5.82 Å². The van der Waals surface area contributed by atoms with Crippen LogP contribution >= 0.6 is 15.9 Å². The lowest BCUT2D eigenvalue weighted by Crippen LogP contribution is -2.47. The second-order valence-corrected chi connectivity index (χ2v) is 14.3. The van der Waals surface area contributed by atoms with Crippen molar-refractivity contribution in [1.29, 1.82) is 0 Å². The molecule has 1 saturated heterocycles. The van der Waals surface area contributed by atoms with E-state index in [9.17, 15) is 0 Å². The van der Waals surface area contributed by atoms with Crippen molar-refractivity contribution in [3.05, 3.63) is 99.8 Å². The first-order valence-electron chi connectivity index (χ1n) is 12.2. The summed E-state index contributed by atoms with van der Waals surface area (Å²) in [6.07, 6.45) is 0.00438. The topological polar surface area (TPSA) is 21.7 Å². The molecule has 1 aliphatic heterocycles. The van der Waals surface area contributed by atoms with Crippen molar-refractivity contribution in [2.24, 2.45) is 0 Å². The lowest BCUT2D eigenvalue weighted by Gasteiger charge is -2.43. The Morgan fingerprint density at radius 3 is 1.91 bits per heavy atom. The van der Waals surface area contributed by atoms with Gasteiger partial charge in [0.25, 0.3) is 0 Å².